The van der Waals surface area contributed by atoms with E-state index in [0.717, 1.165) is 24.6 Å². The van der Waals surface area contributed by atoms with E-state index in [0.29, 0.717) is 16.5 Å². The van der Waals surface area contributed by atoms with Gasteiger partial charge in [0.05, 0.1) is 37.2 Å². The van der Waals surface area contributed by atoms with E-state index < -0.39 is 11.7 Å². The second-order valence-corrected chi connectivity index (χ2v) is 7.76. The standard InChI is InChI=1S/C17H16FN5O3S.C4H8O/c1-8-5-10(13-12(25-3)7-20-9(2)14(13)18)11(6-19-8)15(24)21-16-22-23-17(26-4)27-16;1-2-4-5-3-1/h5-7H,1-4H3,(H,21,22,24);1-4H2. The number of nitrogens with zero attached hydrogens (tertiary/aromatic N) is 4. The Labute approximate surface area is 189 Å². The lowest BCUT2D eigenvalue weighted by Crippen LogP contribution is -2.14. The van der Waals surface area contributed by atoms with E-state index in [1.54, 1.807) is 19.9 Å². The second-order valence-electron chi connectivity index (χ2n) is 6.82. The number of anilines is 1. The summed E-state index contributed by atoms with van der Waals surface area (Å²) in [6.07, 6.45) is 5.35. The van der Waals surface area contributed by atoms with Gasteiger partial charge in [-0.1, -0.05) is 5.10 Å². The molecule has 0 atom stereocenters. The summed E-state index contributed by atoms with van der Waals surface area (Å²) in [5.41, 5.74) is 1.47. The lowest BCUT2D eigenvalue weighted by atomic mass is 9.99. The number of amides is 1. The van der Waals surface area contributed by atoms with Gasteiger partial charge in [0.2, 0.25) is 5.13 Å². The van der Waals surface area contributed by atoms with Crippen LogP contribution in [-0.4, -0.2) is 53.5 Å². The zero-order valence-electron chi connectivity index (χ0n) is 18.3. The van der Waals surface area contributed by atoms with E-state index in [2.05, 4.69) is 25.5 Å². The van der Waals surface area contributed by atoms with Crippen molar-refractivity contribution >= 4 is 22.4 Å². The highest BCUT2D eigenvalue weighted by molar-refractivity contribution is 7.17. The van der Waals surface area contributed by atoms with Crippen molar-refractivity contribution in [2.24, 2.45) is 0 Å². The van der Waals surface area contributed by atoms with Crippen LogP contribution in [-0.2, 0) is 4.74 Å². The summed E-state index contributed by atoms with van der Waals surface area (Å²) >= 11 is 1.07. The van der Waals surface area contributed by atoms with Crippen LogP contribution in [0.5, 0.6) is 10.9 Å². The molecule has 4 rings (SSSR count). The van der Waals surface area contributed by atoms with Crippen LogP contribution in [0.15, 0.2) is 18.5 Å². The Morgan fingerprint density at radius 2 is 1.88 bits per heavy atom. The molecule has 0 aliphatic carbocycles. The minimum absolute atomic E-state index is 0.149. The van der Waals surface area contributed by atoms with Crippen LogP contribution in [0.1, 0.15) is 34.6 Å². The number of methoxy groups -OCH3 is 2. The summed E-state index contributed by atoms with van der Waals surface area (Å²) in [5.74, 6) is -0.853. The van der Waals surface area contributed by atoms with Gasteiger partial charge in [0, 0.05) is 30.7 Å². The predicted molar refractivity (Wildman–Crippen MR) is 118 cm³/mol. The van der Waals surface area contributed by atoms with E-state index in [-0.39, 0.29) is 27.7 Å². The lowest BCUT2D eigenvalue weighted by Gasteiger charge is -2.14. The smallest absolute Gasteiger partial charge is 0.295 e. The number of carbonyl (C=O) groups excluding carboxylic acids is 1. The fourth-order valence-corrected chi connectivity index (χ4v) is 3.49. The van der Waals surface area contributed by atoms with Crippen molar-refractivity contribution in [2.75, 3.05) is 32.8 Å². The molecule has 32 heavy (non-hydrogen) atoms. The van der Waals surface area contributed by atoms with E-state index in [4.69, 9.17) is 14.2 Å². The Morgan fingerprint density at radius 1 is 1.12 bits per heavy atom. The molecule has 1 fully saturated rings. The van der Waals surface area contributed by atoms with Crippen LogP contribution in [0.2, 0.25) is 0 Å². The number of ether oxygens (including phenoxy) is 3. The number of halogens is 1. The first-order valence-corrected chi connectivity index (χ1v) is 10.7. The third-order valence-corrected chi connectivity index (χ3v) is 5.36. The molecule has 1 aliphatic heterocycles. The molecule has 170 valence electrons. The molecule has 3 aromatic rings. The molecule has 9 nitrogen and oxygen atoms in total. The topological polar surface area (TPSA) is 108 Å². The summed E-state index contributed by atoms with van der Waals surface area (Å²) < 4.78 is 30.0. The van der Waals surface area contributed by atoms with Gasteiger partial charge in [-0.15, -0.1) is 5.10 Å². The molecule has 1 saturated heterocycles. The van der Waals surface area contributed by atoms with Gasteiger partial charge >= 0.3 is 0 Å². The Bertz CT molecular complexity index is 1080. The third-order valence-electron chi connectivity index (χ3n) is 4.56. The van der Waals surface area contributed by atoms with Crippen molar-refractivity contribution in [3.63, 3.8) is 0 Å². The van der Waals surface area contributed by atoms with Gasteiger partial charge in [-0.3, -0.25) is 20.1 Å². The highest BCUT2D eigenvalue weighted by Gasteiger charge is 2.23. The molecule has 0 saturated carbocycles. The lowest BCUT2D eigenvalue weighted by molar-refractivity contribution is 0.102. The predicted octanol–water partition coefficient (Wildman–Crippen LogP) is 3.82. The van der Waals surface area contributed by atoms with Gasteiger partial charge in [-0.25, -0.2) is 4.39 Å². The fraction of sp³-hybridized carbons (Fsp3) is 0.381. The molecule has 1 aliphatic rings. The normalized spacial score (nSPS) is 12.7. The molecule has 0 aromatic carbocycles. The summed E-state index contributed by atoms with van der Waals surface area (Å²) in [4.78, 5) is 20.9. The number of hydrogen-bond donors (Lipinski definition) is 1. The van der Waals surface area contributed by atoms with Crippen molar-refractivity contribution in [3.8, 4) is 22.1 Å². The number of aromatic nitrogens is 4. The van der Waals surface area contributed by atoms with Crippen molar-refractivity contribution < 1.29 is 23.4 Å². The molecule has 3 aromatic heterocycles. The monoisotopic (exact) mass is 461 g/mol. The van der Waals surface area contributed by atoms with Crippen molar-refractivity contribution in [3.05, 3.63) is 41.2 Å². The summed E-state index contributed by atoms with van der Waals surface area (Å²) in [7, 11) is 2.87. The maximum atomic E-state index is 14.9. The molecule has 11 heteroatoms. The van der Waals surface area contributed by atoms with Crippen LogP contribution >= 0.6 is 11.3 Å². The Kier molecular flexibility index (Phi) is 8.01. The largest absolute Gasteiger partial charge is 0.494 e. The van der Waals surface area contributed by atoms with Crippen molar-refractivity contribution in [2.45, 2.75) is 26.7 Å². The number of pyridine rings is 2. The maximum absolute atomic E-state index is 14.9. The summed E-state index contributed by atoms with van der Waals surface area (Å²) in [6.45, 7) is 5.29. The first-order chi connectivity index (χ1) is 15.4. The van der Waals surface area contributed by atoms with Gasteiger partial charge in [0.25, 0.3) is 11.1 Å². The molecule has 1 amide bonds. The average molecular weight is 462 g/mol. The molecule has 0 unspecified atom stereocenters. The average Bonchev–Trinajstić information content (AvgIpc) is 3.50. The van der Waals surface area contributed by atoms with Crippen molar-refractivity contribution in [1.29, 1.82) is 0 Å². The number of rotatable bonds is 5. The van der Waals surface area contributed by atoms with Crippen LogP contribution < -0.4 is 14.8 Å². The fourth-order valence-electron chi connectivity index (χ4n) is 2.94. The minimum atomic E-state index is -0.563. The number of nitrogens with one attached hydrogen (secondary N) is 1. The van der Waals surface area contributed by atoms with E-state index in [1.807, 2.05) is 0 Å². The van der Waals surface area contributed by atoms with Gasteiger partial charge < -0.3 is 14.2 Å². The highest BCUT2D eigenvalue weighted by atomic mass is 32.1. The van der Waals surface area contributed by atoms with E-state index in [9.17, 15) is 9.18 Å². The van der Waals surface area contributed by atoms with Gasteiger partial charge in [-0.2, -0.15) is 0 Å². The first-order valence-electron chi connectivity index (χ1n) is 9.87. The zero-order chi connectivity index (χ0) is 23.1. The number of hydrogen-bond acceptors (Lipinski definition) is 9. The molecule has 4 heterocycles. The molecule has 0 radical (unpaired) electrons. The quantitative estimate of drug-likeness (QED) is 0.611. The Balaban J connectivity index is 0.000000509. The molecule has 0 bridgehead atoms. The Hall–Kier alpha value is -3.18. The van der Waals surface area contributed by atoms with Gasteiger partial charge in [0.1, 0.15) is 5.75 Å². The van der Waals surface area contributed by atoms with Crippen LogP contribution in [0.4, 0.5) is 9.52 Å². The third kappa shape index (κ3) is 5.54. The van der Waals surface area contributed by atoms with Crippen molar-refractivity contribution in [1.82, 2.24) is 20.2 Å². The molecular weight excluding hydrogens is 437 g/mol. The second kappa shape index (κ2) is 10.9. The highest BCUT2D eigenvalue weighted by Crippen LogP contribution is 2.36. The van der Waals surface area contributed by atoms with Crippen LogP contribution in [0, 0.1) is 19.7 Å². The first kappa shape index (κ1) is 23.5. The SMILES string of the molecule is C1CCOC1.COc1nnc(NC(=O)c2cnc(C)cc2-c2c(OC)cnc(C)c2F)s1. The summed E-state index contributed by atoms with van der Waals surface area (Å²) in [5, 5.41) is 10.8. The molecular formula is C21H24FN5O4S. The summed E-state index contributed by atoms with van der Waals surface area (Å²) in [6, 6.07) is 1.62. The van der Waals surface area contributed by atoms with E-state index in [1.165, 1.54) is 39.5 Å². The molecule has 1 N–H and O–H groups in total. The molecule has 0 spiro atoms. The maximum Gasteiger partial charge on any atom is 0.295 e. The van der Waals surface area contributed by atoms with Crippen LogP contribution in [0.3, 0.4) is 0 Å². The minimum Gasteiger partial charge on any atom is -0.494 e. The van der Waals surface area contributed by atoms with Gasteiger partial charge in [-0.05, 0) is 44.1 Å². The number of aryl methyl sites for hydroxylation is 2. The Morgan fingerprint density at radius 3 is 2.47 bits per heavy atom. The van der Waals surface area contributed by atoms with E-state index >= 15 is 0 Å². The number of carbonyl (C=O) groups is 1. The van der Waals surface area contributed by atoms with Crippen LogP contribution in [0.25, 0.3) is 11.1 Å². The zero-order valence-corrected chi connectivity index (χ0v) is 19.1. The van der Waals surface area contributed by atoms with Gasteiger partial charge in [0.15, 0.2) is 5.82 Å².